The first-order valence-electron chi connectivity index (χ1n) is 6.22. The number of rotatable bonds is 4. The highest BCUT2D eigenvalue weighted by atomic mass is 79.9. The minimum absolute atomic E-state index is 0.337. The highest BCUT2D eigenvalue weighted by molar-refractivity contribution is 9.09. The molecule has 2 rings (SSSR count). The summed E-state index contributed by atoms with van der Waals surface area (Å²) in [6, 6.07) is 2.01. The van der Waals surface area contributed by atoms with Crippen LogP contribution < -0.4 is 0 Å². The summed E-state index contributed by atoms with van der Waals surface area (Å²) in [4.78, 5) is 8.98. The summed E-state index contributed by atoms with van der Waals surface area (Å²) >= 11 is 5.43. The first kappa shape index (κ1) is 14.3. The lowest BCUT2D eigenvalue weighted by Crippen LogP contribution is -2.33. The van der Waals surface area contributed by atoms with Crippen molar-refractivity contribution in [2.75, 3.05) is 24.3 Å². The van der Waals surface area contributed by atoms with E-state index in [0.717, 1.165) is 53.7 Å². The molecule has 3 nitrogen and oxygen atoms in total. The lowest BCUT2D eigenvalue weighted by atomic mass is 9.85. The van der Waals surface area contributed by atoms with Gasteiger partial charge in [-0.1, -0.05) is 27.7 Å². The van der Waals surface area contributed by atoms with Gasteiger partial charge in [-0.25, -0.2) is 9.97 Å². The van der Waals surface area contributed by atoms with Gasteiger partial charge in [-0.05, 0) is 38.2 Å². The van der Waals surface area contributed by atoms with Crippen LogP contribution in [0.3, 0.4) is 0 Å². The van der Waals surface area contributed by atoms with E-state index >= 15 is 0 Å². The second kappa shape index (κ2) is 6.35. The van der Waals surface area contributed by atoms with Crippen molar-refractivity contribution in [1.29, 1.82) is 0 Å². The molecule has 0 bridgehead atoms. The van der Waals surface area contributed by atoms with Crippen molar-refractivity contribution >= 4 is 27.7 Å². The average molecular weight is 331 g/mol. The van der Waals surface area contributed by atoms with E-state index in [9.17, 15) is 0 Å². The number of halogens is 1. The Labute approximate surface area is 121 Å². The Kier molecular flexibility index (Phi) is 5.04. The quantitative estimate of drug-likeness (QED) is 0.481. The molecule has 0 aliphatic carbocycles. The van der Waals surface area contributed by atoms with Crippen LogP contribution in [-0.2, 0) is 4.74 Å². The fourth-order valence-corrected chi connectivity index (χ4v) is 4.36. The summed E-state index contributed by atoms with van der Waals surface area (Å²) in [5, 5.41) is 1.93. The van der Waals surface area contributed by atoms with Gasteiger partial charge in [0, 0.05) is 35.7 Å². The Hall–Kier alpha value is -0.130. The van der Waals surface area contributed by atoms with Crippen LogP contribution in [0.5, 0.6) is 0 Å². The van der Waals surface area contributed by atoms with Crippen LogP contribution in [0.1, 0.15) is 24.2 Å². The highest BCUT2D eigenvalue weighted by Crippen LogP contribution is 2.37. The largest absolute Gasteiger partial charge is 0.381 e. The molecule has 0 saturated carbocycles. The first-order chi connectivity index (χ1) is 8.63. The van der Waals surface area contributed by atoms with Gasteiger partial charge >= 0.3 is 0 Å². The molecule has 2 heterocycles. The molecule has 0 unspecified atom stereocenters. The van der Waals surface area contributed by atoms with Crippen LogP contribution in [0, 0.1) is 19.3 Å². The Morgan fingerprint density at radius 2 is 1.89 bits per heavy atom. The molecule has 1 aromatic heterocycles. The number of nitrogens with zero attached hydrogens (tertiary/aromatic N) is 2. The molecule has 0 amide bonds. The molecule has 18 heavy (non-hydrogen) atoms. The number of hydrogen-bond donors (Lipinski definition) is 0. The van der Waals surface area contributed by atoms with Crippen molar-refractivity contribution in [2.45, 2.75) is 31.8 Å². The molecular weight excluding hydrogens is 312 g/mol. The van der Waals surface area contributed by atoms with Crippen molar-refractivity contribution < 1.29 is 4.74 Å². The summed E-state index contributed by atoms with van der Waals surface area (Å²) in [7, 11) is 0. The Balaban J connectivity index is 2.00. The molecule has 0 spiro atoms. The average Bonchev–Trinajstić information content (AvgIpc) is 2.36. The summed E-state index contributed by atoms with van der Waals surface area (Å²) in [5.74, 6) is 1.06. The van der Waals surface area contributed by atoms with Crippen LogP contribution in [0.25, 0.3) is 0 Å². The zero-order valence-corrected chi connectivity index (χ0v) is 13.3. The smallest absolute Gasteiger partial charge is 0.187 e. The van der Waals surface area contributed by atoms with Gasteiger partial charge in [0.2, 0.25) is 0 Å². The summed E-state index contributed by atoms with van der Waals surface area (Å²) in [6.07, 6.45) is 2.24. The zero-order valence-electron chi connectivity index (χ0n) is 10.9. The molecule has 1 fully saturated rings. The van der Waals surface area contributed by atoms with E-state index < -0.39 is 0 Å². The Morgan fingerprint density at radius 1 is 1.28 bits per heavy atom. The van der Waals surface area contributed by atoms with Crippen molar-refractivity contribution in [3.8, 4) is 0 Å². The first-order valence-corrected chi connectivity index (χ1v) is 8.33. The van der Waals surface area contributed by atoms with Gasteiger partial charge in [0.05, 0.1) is 0 Å². The third kappa shape index (κ3) is 3.68. The van der Waals surface area contributed by atoms with Crippen LogP contribution in [0.2, 0.25) is 0 Å². The second-order valence-electron chi connectivity index (χ2n) is 4.97. The number of hydrogen-bond acceptors (Lipinski definition) is 4. The topological polar surface area (TPSA) is 35.0 Å². The van der Waals surface area contributed by atoms with Gasteiger partial charge in [-0.3, -0.25) is 0 Å². The Morgan fingerprint density at radius 3 is 2.44 bits per heavy atom. The monoisotopic (exact) mass is 330 g/mol. The third-order valence-electron chi connectivity index (χ3n) is 3.31. The van der Waals surface area contributed by atoms with Crippen LogP contribution in [-0.4, -0.2) is 34.3 Å². The number of alkyl halides is 1. The molecule has 1 aliphatic rings. The molecule has 5 heteroatoms. The minimum Gasteiger partial charge on any atom is -0.381 e. The summed E-state index contributed by atoms with van der Waals surface area (Å²) in [6.45, 7) is 5.79. The molecule has 0 N–H and O–H groups in total. The molecule has 100 valence electrons. The maximum Gasteiger partial charge on any atom is 0.187 e. The van der Waals surface area contributed by atoms with Crippen LogP contribution in [0.15, 0.2) is 11.2 Å². The van der Waals surface area contributed by atoms with Crippen molar-refractivity contribution in [3.63, 3.8) is 0 Å². The maximum absolute atomic E-state index is 5.46. The number of aryl methyl sites for hydroxylation is 2. The minimum atomic E-state index is 0.337. The van der Waals surface area contributed by atoms with E-state index in [0.29, 0.717) is 5.41 Å². The molecule has 0 radical (unpaired) electrons. The summed E-state index contributed by atoms with van der Waals surface area (Å²) in [5.41, 5.74) is 2.43. The lowest BCUT2D eigenvalue weighted by molar-refractivity contribution is 0.0374. The summed E-state index contributed by atoms with van der Waals surface area (Å²) < 4.78 is 5.46. The van der Waals surface area contributed by atoms with E-state index in [2.05, 4.69) is 25.9 Å². The van der Waals surface area contributed by atoms with E-state index in [4.69, 9.17) is 4.74 Å². The number of thioether (sulfide) groups is 1. The van der Waals surface area contributed by atoms with Gasteiger partial charge in [0.15, 0.2) is 5.16 Å². The van der Waals surface area contributed by atoms with Gasteiger partial charge in [-0.15, -0.1) is 0 Å². The molecule has 1 aliphatic heterocycles. The van der Waals surface area contributed by atoms with Gasteiger partial charge in [-0.2, -0.15) is 0 Å². The van der Waals surface area contributed by atoms with E-state index in [1.807, 2.05) is 19.9 Å². The third-order valence-corrected chi connectivity index (χ3v) is 5.69. The predicted molar refractivity (Wildman–Crippen MR) is 78.5 cm³/mol. The van der Waals surface area contributed by atoms with Crippen molar-refractivity contribution in [1.82, 2.24) is 9.97 Å². The molecule has 1 saturated heterocycles. The van der Waals surface area contributed by atoms with Crippen LogP contribution in [0.4, 0.5) is 0 Å². The molecular formula is C13H19BrN2OS. The predicted octanol–water partition coefficient (Wildman–Crippen LogP) is 3.38. The van der Waals surface area contributed by atoms with Gasteiger partial charge in [0.1, 0.15) is 0 Å². The zero-order chi connectivity index (χ0) is 13.0. The second-order valence-corrected chi connectivity index (χ2v) is 6.47. The molecule has 0 aromatic carbocycles. The van der Waals surface area contributed by atoms with E-state index in [1.165, 1.54) is 0 Å². The van der Waals surface area contributed by atoms with Gasteiger partial charge in [0.25, 0.3) is 0 Å². The van der Waals surface area contributed by atoms with Crippen molar-refractivity contribution in [3.05, 3.63) is 17.5 Å². The number of ether oxygens (including phenoxy) is 1. The lowest BCUT2D eigenvalue weighted by Gasteiger charge is -2.35. The van der Waals surface area contributed by atoms with Crippen LogP contribution >= 0.6 is 27.7 Å². The fraction of sp³-hybridized carbons (Fsp3) is 0.692. The highest BCUT2D eigenvalue weighted by Gasteiger charge is 2.31. The van der Waals surface area contributed by atoms with E-state index in [-0.39, 0.29) is 0 Å². The fourth-order valence-electron chi connectivity index (χ4n) is 2.10. The normalized spacial score (nSPS) is 18.8. The molecule has 0 atom stereocenters. The Bertz CT molecular complexity index is 388. The van der Waals surface area contributed by atoms with Gasteiger partial charge < -0.3 is 4.74 Å². The van der Waals surface area contributed by atoms with Crippen molar-refractivity contribution in [2.24, 2.45) is 5.41 Å². The SMILES string of the molecule is Cc1cc(C)nc(SCC2(CBr)CCOCC2)n1. The number of aromatic nitrogens is 2. The maximum atomic E-state index is 5.46. The molecule has 1 aromatic rings. The standard InChI is InChI=1S/C13H19BrN2OS/c1-10-7-11(2)16-12(15-10)18-9-13(8-14)3-5-17-6-4-13/h7H,3-6,8-9H2,1-2H3. The van der Waals surface area contributed by atoms with E-state index in [1.54, 1.807) is 11.8 Å².